The van der Waals surface area contributed by atoms with Gasteiger partial charge in [0.25, 0.3) is 0 Å². The quantitative estimate of drug-likeness (QED) is 0.498. The van der Waals surface area contributed by atoms with Crippen LogP contribution in [-0.4, -0.2) is 34.3 Å². The van der Waals surface area contributed by atoms with Crippen molar-refractivity contribution in [2.24, 2.45) is 5.92 Å². The molecule has 174 valence electrons. The number of nitrogens with zero attached hydrogens (tertiary/aromatic N) is 2. The van der Waals surface area contributed by atoms with Gasteiger partial charge in [-0.2, -0.15) is 13.2 Å². The molecule has 2 aromatic carbocycles. The highest BCUT2D eigenvalue weighted by atomic mass is 19.4. The van der Waals surface area contributed by atoms with E-state index in [4.69, 9.17) is 0 Å². The first-order valence-electron chi connectivity index (χ1n) is 11.3. The zero-order valence-electron chi connectivity index (χ0n) is 18.7. The van der Waals surface area contributed by atoms with Gasteiger partial charge in [0.2, 0.25) is 0 Å². The van der Waals surface area contributed by atoms with Gasteiger partial charge in [-0.05, 0) is 85.1 Å². The van der Waals surface area contributed by atoms with Crippen molar-refractivity contribution in [1.29, 1.82) is 0 Å². The van der Waals surface area contributed by atoms with Crippen molar-refractivity contribution in [1.82, 2.24) is 9.88 Å². The van der Waals surface area contributed by atoms with Crippen molar-refractivity contribution >= 4 is 0 Å². The molecule has 0 radical (unpaired) electrons. The Morgan fingerprint density at radius 3 is 1.94 bits per heavy atom. The molecule has 3 nitrogen and oxygen atoms in total. The van der Waals surface area contributed by atoms with Crippen LogP contribution in [-0.2, 0) is 18.6 Å². The van der Waals surface area contributed by atoms with Crippen LogP contribution in [0.1, 0.15) is 36.5 Å². The molecule has 1 aromatic heterocycles. The van der Waals surface area contributed by atoms with E-state index in [1.807, 2.05) is 24.5 Å². The summed E-state index contributed by atoms with van der Waals surface area (Å²) in [6.45, 7) is 3.94. The number of halogens is 3. The lowest BCUT2D eigenvalue weighted by Gasteiger charge is -2.32. The molecular formula is C27H29F3N2O. The van der Waals surface area contributed by atoms with Gasteiger partial charge in [0.05, 0.1) is 0 Å². The third-order valence-electron chi connectivity index (χ3n) is 6.67. The van der Waals surface area contributed by atoms with Crippen LogP contribution in [0, 0.1) is 5.92 Å². The number of benzene rings is 2. The summed E-state index contributed by atoms with van der Waals surface area (Å²) in [4.78, 5) is 6.57. The molecule has 3 aromatic rings. The number of hydrogen-bond donors (Lipinski definition) is 1. The fourth-order valence-electron chi connectivity index (χ4n) is 4.41. The fourth-order valence-corrected chi connectivity index (χ4v) is 4.41. The second-order valence-corrected chi connectivity index (χ2v) is 9.12. The Bertz CT molecular complexity index is 1020. The second kappa shape index (κ2) is 9.65. The predicted molar refractivity (Wildman–Crippen MR) is 123 cm³/mol. The summed E-state index contributed by atoms with van der Waals surface area (Å²) >= 11 is 0. The van der Waals surface area contributed by atoms with Gasteiger partial charge in [-0.15, -0.1) is 0 Å². The van der Waals surface area contributed by atoms with Crippen molar-refractivity contribution < 1.29 is 18.3 Å². The summed E-state index contributed by atoms with van der Waals surface area (Å²) in [5.41, 5.74) is 1.34. The first-order chi connectivity index (χ1) is 15.7. The zero-order valence-corrected chi connectivity index (χ0v) is 18.7. The van der Waals surface area contributed by atoms with Crippen molar-refractivity contribution in [2.75, 3.05) is 13.1 Å². The van der Waals surface area contributed by atoms with Gasteiger partial charge in [0.1, 0.15) is 0 Å². The molecule has 33 heavy (non-hydrogen) atoms. The first-order valence-corrected chi connectivity index (χ1v) is 11.3. The van der Waals surface area contributed by atoms with Gasteiger partial charge < -0.3 is 5.11 Å². The lowest BCUT2D eigenvalue weighted by atomic mass is 9.89. The van der Waals surface area contributed by atoms with E-state index >= 15 is 0 Å². The molecule has 0 bridgehead atoms. The molecular weight excluding hydrogens is 425 g/mol. The van der Waals surface area contributed by atoms with E-state index in [2.05, 4.69) is 34.1 Å². The summed E-state index contributed by atoms with van der Waals surface area (Å²) in [5.74, 6) is 0.661. The molecule has 1 saturated heterocycles. The van der Waals surface area contributed by atoms with Crippen molar-refractivity contribution in [3.05, 3.63) is 89.7 Å². The minimum Gasteiger partial charge on any atom is -0.376 e. The largest absolute Gasteiger partial charge is 0.421 e. The summed E-state index contributed by atoms with van der Waals surface area (Å²) in [6.07, 6.45) is 2.35. The maximum absolute atomic E-state index is 13.0. The highest BCUT2D eigenvalue weighted by Crippen LogP contribution is 2.39. The number of hydrogen-bond acceptors (Lipinski definition) is 3. The van der Waals surface area contributed by atoms with Crippen LogP contribution in [0.25, 0.3) is 11.1 Å². The molecule has 2 heterocycles. The Kier molecular flexibility index (Phi) is 6.86. The lowest BCUT2D eigenvalue weighted by Crippen LogP contribution is -2.39. The van der Waals surface area contributed by atoms with Crippen LogP contribution in [0.4, 0.5) is 13.2 Å². The first kappa shape index (κ1) is 23.5. The summed E-state index contributed by atoms with van der Waals surface area (Å²) in [5, 5.41) is 9.84. The Morgan fingerprint density at radius 2 is 1.39 bits per heavy atom. The van der Waals surface area contributed by atoms with Gasteiger partial charge in [-0.1, -0.05) is 48.5 Å². The molecule has 1 N–H and O–H groups in total. The molecule has 1 fully saturated rings. The molecule has 0 aliphatic carbocycles. The molecule has 0 spiro atoms. The van der Waals surface area contributed by atoms with E-state index in [9.17, 15) is 18.3 Å². The van der Waals surface area contributed by atoms with Gasteiger partial charge in [0.15, 0.2) is 5.60 Å². The fraction of sp³-hybridized carbons (Fsp3) is 0.370. The molecule has 1 aliphatic rings. The Labute approximate surface area is 192 Å². The molecule has 0 amide bonds. The van der Waals surface area contributed by atoms with Gasteiger partial charge in [-0.25, -0.2) is 0 Å². The maximum atomic E-state index is 13.0. The van der Waals surface area contributed by atoms with Crippen LogP contribution in [0.3, 0.4) is 0 Å². The highest BCUT2D eigenvalue weighted by Gasteiger charge is 2.51. The lowest BCUT2D eigenvalue weighted by molar-refractivity contribution is -0.258. The molecule has 1 unspecified atom stereocenters. The maximum Gasteiger partial charge on any atom is 0.421 e. The minimum atomic E-state index is -4.72. The number of alkyl halides is 3. The number of aromatic nitrogens is 1. The third-order valence-corrected chi connectivity index (χ3v) is 6.67. The van der Waals surface area contributed by atoms with E-state index < -0.39 is 11.8 Å². The number of pyridine rings is 1. The van der Waals surface area contributed by atoms with E-state index in [1.54, 1.807) is 12.1 Å². The normalized spacial score (nSPS) is 17.6. The Balaban J connectivity index is 1.32. The van der Waals surface area contributed by atoms with Crippen molar-refractivity contribution in [3.63, 3.8) is 0 Å². The van der Waals surface area contributed by atoms with E-state index in [0.29, 0.717) is 5.92 Å². The summed E-state index contributed by atoms with van der Waals surface area (Å²) < 4.78 is 39.1. The molecule has 6 heteroatoms. The van der Waals surface area contributed by atoms with Gasteiger partial charge >= 0.3 is 6.18 Å². The number of piperidine rings is 1. The van der Waals surface area contributed by atoms with Crippen molar-refractivity contribution in [2.45, 2.75) is 44.5 Å². The smallest absolute Gasteiger partial charge is 0.376 e. The van der Waals surface area contributed by atoms with Crippen LogP contribution in [0.5, 0.6) is 0 Å². The Hall–Kier alpha value is -2.70. The number of likely N-dealkylation sites (tertiary alicyclic amines) is 1. The zero-order chi connectivity index (χ0) is 23.5. The van der Waals surface area contributed by atoms with Crippen LogP contribution in [0.2, 0.25) is 0 Å². The second-order valence-electron chi connectivity index (χ2n) is 9.12. The molecule has 4 rings (SSSR count). The highest BCUT2D eigenvalue weighted by molar-refractivity contribution is 5.64. The van der Waals surface area contributed by atoms with Crippen LogP contribution < -0.4 is 0 Å². The summed E-state index contributed by atoms with van der Waals surface area (Å²) in [7, 11) is 0. The molecule has 1 atom stereocenters. The molecule has 1 aliphatic heterocycles. The van der Waals surface area contributed by atoms with E-state index in [1.165, 1.54) is 36.1 Å². The standard InChI is InChI=1S/C27H29F3N2O/c1-26(33,27(28,29)30)25-8-6-24(7-9-25)23-4-2-20(3-5-23)18-21-12-16-32(17-13-21)19-22-10-14-31-15-11-22/h2-11,14-15,21,33H,12-13,16-19H2,1H3. The topological polar surface area (TPSA) is 36.4 Å². The summed E-state index contributed by atoms with van der Waals surface area (Å²) in [6, 6.07) is 18.3. The van der Waals surface area contributed by atoms with Crippen LogP contribution in [0.15, 0.2) is 73.1 Å². The van der Waals surface area contributed by atoms with Crippen LogP contribution >= 0.6 is 0 Å². The van der Waals surface area contributed by atoms with Gasteiger partial charge in [0, 0.05) is 18.9 Å². The van der Waals surface area contributed by atoms with Gasteiger partial charge in [-0.3, -0.25) is 9.88 Å². The SMILES string of the molecule is CC(O)(c1ccc(-c2ccc(CC3CCN(Cc4ccncc4)CC3)cc2)cc1)C(F)(F)F. The monoisotopic (exact) mass is 454 g/mol. The number of rotatable bonds is 6. The molecule has 0 saturated carbocycles. The van der Waals surface area contributed by atoms with E-state index in [-0.39, 0.29) is 5.56 Å². The average Bonchev–Trinajstić information content (AvgIpc) is 2.81. The van der Waals surface area contributed by atoms with Crippen molar-refractivity contribution in [3.8, 4) is 11.1 Å². The third kappa shape index (κ3) is 5.63. The number of aliphatic hydroxyl groups is 1. The predicted octanol–water partition coefficient (Wildman–Crippen LogP) is 5.97. The van der Waals surface area contributed by atoms with E-state index in [0.717, 1.165) is 44.1 Å². The Morgan fingerprint density at radius 1 is 0.848 bits per heavy atom. The minimum absolute atomic E-state index is 0.161. The average molecular weight is 455 g/mol.